The zero-order valence-electron chi connectivity index (χ0n) is 1.32. The summed E-state index contributed by atoms with van der Waals surface area (Å²) < 4.78 is 16.8. The molecule has 0 spiro atoms. The second-order valence-electron chi connectivity index (χ2n) is 0.0833. The fourth-order valence-corrected chi connectivity index (χ4v) is 0. The quantitative estimate of drug-likeness (QED) is 0.346. The van der Waals surface area contributed by atoms with Gasteiger partial charge in [0.2, 0.25) is 0 Å². The second kappa shape index (κ2) is 16.5. The van der Waals surface area contributed by atoms with Crippen molar-refractivity contribution in [2.45, 2.75) is 0 Å². The predicted octanol–water partition coefficient (Wildman–Crippen LogP) is -2.18. The molecule has 0 aliphatic rings. The van der Waals surface area contributed by atoms with Crippen LogP contribution < -0.4 is 0 Å². The number of rotatable bonds is 0. The zero-order valence-corrected chi connectivity index (χ0v) is 2.32. The third-order valence-electron chi connectivity index (χ3n) is 0. The molecular formula is H3CaNaO2Si. The van der Waals surface area contributed by atoms with E-state index in [1.165, 1.54) is 0 Å². The Morgan fingerprint density at radius 1 is 1.20 bits per heavy atom. The molecule has 0 aliphatic carbocycles. The van der Waals surface area contributed by atoms with Crippen LogP contribution in [0.1, 0.15) is 0 Å². The van der Waals surface area contributed by atoms with E-state index in [0.717, 1.165) is 0 Å². The average Bonchev–Trinajstić information content (AvgIpc) is 0.918. The maximum absolute atomic E-state index is 8.40. The third kappa shape index (κ3) is 23.4. The summed E-state index contributed by atoms with van der Waals surface area (Å²) in [5.41, 5.74) is 0. The summed E-state index contributed by atoms with van der Waals surface area (Å²) in [4.78, 5) is 0. The molecule has 0 rings (SSSR count). The van der Waals surface area contributed by atoms with Gasteiger partial charge in [0.25, 0.3) is 0 Å². The monoisotopic (exact) mass is 126 g/mol. The molecule has 22 valence electrons. The van der Waals surface area contributed by atoms with Gasteiger partial charge in [-0.05, 0) is 0 Å². The molecule has 0 saturated carbocycles. The summed E-state index contributed by atoms with van der Waals surface area (Å²) in [5, 5.41) is 0. The summed E-state index contributed by atoms with van der Waals surface area (Å²) in [6.07, 6.45) is 0. The molecular weight excluding hydrogens is 123 g/mol. The Bertz CT molecular complexity index is 30.6. The molecule has 0 amide bonds. The fraction of sp³-hybridized carbons (Fsp3) is 0. The van der Waals surface area contributed by atoms with Crippen molar-refractivity contribution in [1.82, 2.24) is 0 Å². The van der Waals surface area contributed by atoms with Gasteiger partial charge in [0.05, 0.1) is 0 Å². The Hall–Kier alpha value is 2.08. The van der Waals surface area contributed by atoms with Crippen LogP contribution in [0.25, 0.3) is 0 Å². The van der Waals surface area contributed by atoms with Crippen LogP contribution in [0, 0.1) is 0 Å². The van der Waals surface area contributed by atoms with Crippen LogP contribution >= 0.6 is 0 Å². The molecule has 0 radical (unpaired) electrons. The van der Waals surface area contributed by atoms with Crippen LogP contribution in [0.15, 0.2) is 0 Å². The molecule has 2 nitrogen and oxygen atoms in total. The van der Waals surface area contributed by atoms with Crippen LogP contribution in [-0.2, 0) is 8.92 Å². The molecule has 0 aromatic carbocycles. The molecule has 0 aromatic rings. The molecule has 0 aromatic heterocycles. The van der Waals surface area contributed by atoms with Gasteiger partial charge in [-0.3, -0.25) is 8.92 Å². The van der Waals surface area contributed by atoms with Gasteiger partial charge in [-0.1, -0.05) is 0 Å². The van der Waals surface area contributed by atoms with E-state index in [2.05, 4.69) is 0 Å². The van der Waals surface area contributed by atoms with Crippen molar-refractivity contribution in [3.8, 4) is 0 Å². The molecule has 0 N–H and O–H groups in total. The van der Waals surface area contributed by atoms with E-state index < -0.39 is 9.29 Å². The number of hydrogen-bond acceptors (Lipinski definition) is 2. The third-order valence-corrected chi connectivity index (χ3v) is 0. The minimum absolute atomic E-state index is 0. The maximum atomic E-state index is 8.40. The first-order valence-electron chi connectivity index (χ1n) is 0.408. The van der Waals surface area contributed by atoms with Crippen LogP contribution in [-0.4, -0.2) is 76.6 Å². The van der Waals surface area contributed by atoms with E-state index in [9.17, 15) is 0 Å². The minimum atomic E-state index is -1.42. The van der Waals surface area contributed by atoms with Gasteiger partial charge >= 0.3 is 76.6 Å². The second-order valence-corrected chi connectivity index (χ2v) is 0.250. The van der Waals surface area contributed by atoms with Crippen molar-refractivity contribution in [1.29, 1.82) is 0 Å². The molecule has 5 heavy (non-hydrogen) atoms. The van der Waals surface area contributed by atoms with Crippen molar-refractivity contribution in [3.63, 3.8) is 0 Å². The topological polar surface area (TPSA) is 34.1 Å². The first kappa shape index (κ1) is 15.7. The summed E-state index contributed by atoms with van der Waals surface area (Å²) >= 11 is 0. The average molecular weight is 126 g/mol. The van der Waals surface area contributed by atoms with Gasteiger partial charge in [-0.2, -0.15) is 0 Å². The Morgan fingerprint density at radius 3 is 1.20 bits per heavy atom. The van der Waals surface area contributed by atoms with Crippen molar-refractivity contribution >= 4 is 76.6 Å². The fourth-order valence-electron chi connectivity index (χ4n) is 0. The first-order chi connectivity index (χ1) is 1.41. The van der Waals surface area contributed by atoms with Crippen LogP contribution in [0.2, 0.25) is 0 Å². The molecule has 5 heteroatoms. The van der Waals surface area contributed by atoms with Crippen molar-refractivity contribution in [2.24, 2.45) is 0 Å². The van der Waals surface area contributed by atoms with Gasteiger partial charge in [0.1, 0.15) is 0 Å². The van der Waals surface area contributed by atoms with Gasteiger partial charge in [-0.15, -0.1) is 0 Å². The van der Waals surface area contributed by atoms with E-state index in [1.54, 1.807) is 0 Å². The van der Waals surface area contributed by atoms with E-state index >= 15 is 0 Å². The zero-order chi connectivity index (χ0) is 2.71. The van der Waals surface area contributed by atoms with E-state index in [0.29, 0.717) is 0 Å². The van der Waals surface area contributed by atoms with Crippen molar-refractivity contribution in [3.05, 3.63) is 0 Å². The van der Waals surface area contributed by atoms with E-state index in [1.807, 2.05) is 0 Å². The van der Waals surface area contributed by atoms with E-state index in [-0.39, 0.29) is 67.3 Å². The normalized spacial score (nSPS) is 1.60. The van der Waals surface area contributed by atoms with E-state index in [4.69, 9.17) is 8.92 Å². The Balaban J connectivity index is -0.0000000200. The number of hydrogen-bond donors (Lipinski definition) is 0. The molecule has 0 aliphatic heterocycles. The summed E-state index contributed by atoms with van der Waals surface area (Å²) in [6, 6.07) is 0. The molecule has 0 heterocycles. The summed E-state index contributed by atoms with van der Waals surface area (Å²) in [5.74, 6) is 0. The Morgan fingerprint density at radius 2 is 1.20 bits per heavy atom. The van der Waals surface area contributed by atoms with Gasteiger partial charge in [0, 0.05) is 0 Å². The Labute approximate surface area is 83.9 Å². The van der Waals surface area contributed by atoms with Gasteiger partial charge in [0.15, 0.2) is 0 Å². The predicted molar refractivity (Wildman–Crippen MR) is 22.8 cm³/mol. The van der Waals surface area contributed by atoms with Crippen molar-refractivity contribution < 1.29 is 8.92 Å². The SMILES string of the molecule is O=[Si]=O.[CaH2].[NaH]. The molecule has 0 bridgehead atoms. The summed E-state index contributed by atoms with van der Waals surface area (Å²) in [7, 11) is -1.42. The molecule has 0 atom stereocenters. The first-order valence-corrected chi connectivity index (χ1v) is 1.22. The molecule has 0 unspecified atom stereocenters. The molecule has 0 fully saturated rings. The summed E-state index contributed by atoms with van der Waals surface area (Å²) in [6.45, 7) is 0. The Kier molecular flexibility index (Phi) is 52.0. The molecule has 0 saturated heterocycles. The standard InChI is InChI=1S/Ca.Na.O2Si.3H/c;;1-3-2;;;. The van der Waals surface area contributed by atoms with Crippen molar-refractivity contribution in [2.75, 3.05) is 0 Å². The van der Waals surface area contributed by atoms with Crippen LogP contribution in [0.5, 0.6) is 0 Å². The van der Waals surface area contributed by atoms with Crippen LogP contribution in [0.4, 0.5) is 0 Å². The van der Waals surface area contributed by atoms with Crippen LogP contribution in [0.3, 0.4) is 0 Å². The van der Waals surface area contributed by atoms with Gasteiger partial charge in [-0.25, -0.2) is 0 Å². The van der Waals surface area contributed by atoms with Gasteiger partial charge < -0.3 is 0 Å².